The Labute approximate surface area is 140 Å². The first-order valence-electron chi connectivity index (χ1n) is 6.90. The van der Waals surface area contributed by atoms with Crippen molar-refractivity contribution >= 4 is 29.1 Å². The van der Waals surface area contributed by atoms with E-state index in [-0.39, 0.29) is 5.91 Å². The Morgan fingerprint density at radius 1 is 1.14 bits per heavy atom. The zero-order valence-corrected chi connectivity index (χ0v) is 13.7. The van der Waals surface area contributed by atoms with E-state index in [0.29, 0.717) is 23.0 Å². The number of nitrogens with one attached hydrogen (secondary N) is 1. The first-order valence-corrected chi connectivity index (χ1v) is 7.66. The van der Waals surface area contributed by atoms with Gasteiger partial charge in [-0.2, -0.15) is 0 Å². The molecule has 0 radical (unpaired) electrons. The van der Waals surface area contributed by atoms with Crippen molar-refractivity contribution in [3.8, 4) is 0 Å². The van der Waals surface area contributed by atoms with Gasteiger partial charge < -0.3 is 10.1 Å². The van der Waals surface area contributed by atoms with Crippen LogP contribution in [0.3, 0.4) is 0 Å². The van der Waals surface area contributed by atoms with E-state index >= 15 is 0 Å². The lowest BCUT2D eigenvalue weighted by Crippen LogP contribution is -2.31. The molecule has 0 unspecified atom stereocenters. The van der Waals surface area contributed by atoms with Gasteiger partial charge in [0.1, 0.15) is 0 Å². The molecule has 0 saturated heterocycles. The normalized spacial score (nSPS) is 12.0. The highest BCUT2D eigenvalue weighted by molar-refractivity contribution is 6.34. The minimum Gasteiger partial charge on any atom is -0.367 e. The van der Waals surface area contributed by atoms with Crippen LogP contribution in [0.2, 0.25) is 10.0 Å². The number of hydrogen-bond acceptors (Lipinski definition) is 2. The Morgan fingerprint density at radius 3 is 2.36 bits per heavy atom. The second-order valence-electron chi connectivity index (χ2n) is 4.85. The zero-order chi connectivity index (χ0) is 15.9. The second-order valence-corrected chi connectivity index (χ2v) is 5.72. The van der Waals surface area contributed by atoms with Gasteiger partial charge in [0, 0.05) is 23.7 Å². The largest absolute Gasteiger partial charge is 0.367 e. The Hall–Kier alpha value is -1.55. The molecule has 1 amide bonds. The molecule has 0 bridgehead atoms. The van der Waals surface area contributed by atoms with Crippen molar-refractivity contribution in [3.05, 3.63) is 69.7 Å². The molecule has 1 N–H and O–H groups in total. The van der Waals surface area contributed by atoms with Crippen LogP contribution < -0.4 is 5.32 Å². The molecule has 0 fully saturated rings. The number of benzene rings is 2. The van der Waals surface area contributed by atoms with E-state index in [1.54, 1.807) is 6.07 Å². The Morgan fingerprint density at radius 2 is 1.77 bits per heavy atom. The lowest BCUT2D eigenvalue weighted by Gasteiger charge is -2.15. The molecule has 0 aliphatic rings. The third-order valence-electron chi connectivity index (χ3n) is 3.21. The van der Waals surface area contributed by atoms with Gasteiger partial charge in [-0.1, -0.05) is 53.5 Å². The van der Waals surface area contributed by atoms with Gasteiger partial charge in [-0.25, -0.2) is 0 Å². The maximum atomic E-state index is 12.2. The highest BCUT2D eigenvalue weighted by atomic mass is 35.5. The van der Waals surface area contributed by atoms with Gasteiger partial charge >= 0.3 is 0 Å². The summed E-state index contributed by atoms with van der Waals surface area (Å²) in [6.07, 6.45) is 0.0428. The number of halogens is 2. The van der Waals surface area contributed by atoms with Crippen LogP contribution in [0.25, 0.3) is 0 Å². The fourth-order valence-corrected chi connectivity index (χ4v) is 2.77. The van der Waals surface area contributed by atoms with Crippen LogP contribution in [-0.2, 0) is 16.0 Å². The second kappa shape index (κ2) is 8.18. The summed E-state index contributed by atoms with van der Waals surface area (Å²) in [6.45, 7) is 0.488. The fraction of sp³-hybridized carbons (Fsp3) is 0.235. The van der Waals surface area contributed by atoms with Gasteiger partial charge in [-0.05, 0) is 35.7 Å². The number of carbonyl (C=O) groups is 1. The summed E-state index contributed by atoms with van der Waals surface area (Å²) in [4.78, 5) is 12.2. The summed E-state index contributed by atoms with van der Waals surface area (Å²) < 4.78 is 5.28. The Bertz CT molecular complexity index is 612. The summed E-state index contributed by atoms with van der Waals surface area (Å²) in [5.41, 5.74) is 1.81. The lowest BCUT2D eigenvalue weighted by atomic mass is 10.1. The quantitative estimate of drug-likeness (QED) is 0.863. The molecule has 0 aliphatic heterocycles. The highest BCUT2D eigenvalue weighted by Crippen LogP contribution is 2.19. The molecule has 116 valence electrons. The van der Waals surface area contributed by atoms with Gasteiger partial charge in [-0.15, -0.1) is 0 Å². The average molecular weight is 338 g/mol. The zero-order valence-electron chi connectivity index (χ0n) is 12.2. The van der Waals surface area contributed by atoms with Crippen molar-refractivity contribution in [2.75, 3.05) is 13.7 Å². The maximum absolute atomic E-state index is 12.2. The fourth-order valence-electron chi connectivity index (χ4n) is 2.20. The van der Waals surface area contributed by atoms with Crippen LogP contribution in [0.1, 0.15) is 17.2 Å². The number of rotatable bonds is 6. The van der Waals surface area contributed by atoms with Crippen molar-refractivity contribution < 1.29 is 9.53 Å². The molecule has 2 rings (SSSR count). The van der Waals surface area contributed by atoms with Crippen LogP contribution >= 0.6 is 23.2 Å². The van der Waals surface area contributed by atoms with Gasteiger partial charge in [0.2, 0.25) is 0 Å². The molecular weight excluding hydrogens is 321 g/mol. The van der Waals surface area contributed by atoms with E-state index in [2.05, 4.69) is 5.32 Å². The minimum absolute atomic E-state index is 0.165. The highest BCUT2D eigenvalue weighted by Gasteiger charge is 2.19. The molecule has 2 aromatic carbocycles. The summed E-state index contributed by atoms with van der Waals surface area (Å²) >= 11 is 11.9. The Kier molecular flexibility index (Phi) is 6.25. The molecule has 0 spiro atoms. The van der Waals surface area contributed by atoms with Crippen LogP contribution in [0.15, 0.2) is 48.5 Å². The van der Waals surface area contributed by atoms with Gasteiger partial charge in [-0.3, -0.25) is 4.79 Å². The molecule has 2 aromatic rings. The van der Waals surface area contributed by atoms with E-state index in [1.807, 2.05) is 42.5 Å². The van der Waals surface area contributed by atoms with Crippen molar-refractivity contribution in [2.45, 2.75) is 12.5 Å². The minimum atomic E-state index is -0.607. The van der Waals surface area contributed by atoms with Crippen LogP contribution in [-0.4, -0.2) is 19.6 Å². The van der Waals surface area contributed by atoms with Gasteiger partial charge in [0.15, 0.2) is 6.10 Å². The Balaban J connectivity index is 1.91. The molecule has 0 aliphatic carbocycles. The van der Waals surface area contributed by atoms with E-state index in [1.165, 1.54) is 7.11 Å². The standard InChI is InChI=1S/C17H17Cl2NO2/c1-22-16(13-5-3-2-4-6-13)17(21)20-8-7-12-9-14(18)11-15(19)10-12/h2-6,9-11,16H,7-8H2,1H3,(H,20,21)/t16-/m1/s1. The van der Waals surface area contributed by atoms with Crippen LogP contribution in [0.5, 0.6) is 0 Å². The molecule has 3 nitrogen and oxygen atoms in total. The molecule has 0 saturated carbocycles. The molecule has 1 atom stereocenters. The van der Waals surface area contributed by atoms with Gasteiger partial charge in [0.25, 0.3) is 5.91 Å². The molecule has 5 heteroatoms. The average Bonchev–Trinajstić information content (AvgIpc) is 2.48. The van der Waals surface area contributed by atoms with Crippen LogP contribution in [0, 0.1) is 0 Å². The lowest BCUT2D eigenvalue weighted by molar-refractivity contribution is -0.131. The topological polar surface area (TPSA) is 38.3 Å². The number of ether oxygens (including phenoxy) is 1. The smallest absolute Gasteiger partial charge is 0.253 e. The number of carbonyl (C=O) groups excluding carboxylic acids is 1. The van der Waals surface area contributed by atoms with Gasteiger partial charge in [0.05, 0.1) is 0 Å². The number of amides is 1. The summed E-state index contributed by atoms with van der Waals surface area (Å²) in [6, 6.07) is 14.7. The maximum Gasteiger partial charge on any atom is 0.253 e. The summed E-state index contributed by atoms with van der Waals surface area (Å²) in [5, 5.41) is 4.05. The van der Waals surface area contributed by atoms with E-state index in [4.69, 9.17) is 27.9 Å². The first kappa shape index (κ1) is 16.8. The SMILES string of the molecule is CO[C@@H](C(=O)NCCc1cc(Cl)cc(Cl)c1)c1ccccc1. The molecular formula is C17H17Cl2NO2. The van der Waals surface area contributed by atoms with E-state index in [9.17, 15) is 4.79 Å². The van der Waals surface area contributed by atoms with Crippen molar-refractivity contribution in [1.29, 1.82) is 0 Å². The monoisotopic (exact) mass is 337 g/mol. The molecule has 22 heavy (non-hydrogen) atoms. The van der Waals surface area contributed by atoms with Crippen molar-refractivity contribution in [1.82, 2.24) is 5.32 Å². The van der Waals surface area contributed by atoms with E-state index < -0.39 is 6.10 Å². The third kappa shape index (κ3) is 4.73. The third-order valence-corrected chi connectivity index (χ3v) is 3.65. The summed E-state index contributed by atoms with van der Waals surface area (Å²) in [7, 11) is 1.52. The number of hydrogen-bond donors (Lipinski definition) is 1. The van der Waals surface area contributed by atoms with Crippen LogP contribution in [0.4, 0.5) is 0 Å². The summed E-state index contributed by atoms with van der Waals surface area (Å²) in [5.74, 6) is -0.165. The van der Waals surface area contributed by atoms with E-state index in [0.717, 1.165) is 11.1 Å². The predicted octanol–water partition coefficient (Wildman–Crippen LogP) is 4.04. The number of methoxy groups -OCH3 is 1. The predicted molar refractivity (Wildman–Crippen MR) is 89.4 cm³/mol. The van der Waals surface area contributed by atoms with Crippen molar-refractivity contribution in [3.63, 3.8) is 0 Å². The van der Waals surface area contributed by atoms with Crippen molar-refractivity contribution in [2.24, 2.45) is 0 Å². The first-order chi connectivity index (χ1) is 10.6. The molecule has 0 heterocycles. The molecule has 0 aromatic heterocycles.